The van der Waals surface area contributed by atoms with Crippen molar-refractivity contribution in [2.45, 2.75) is 19.5 Å². The highest BCUT2D eigenvalue weighted by atomic mass is 127. The lowest BCUT2D eigenvalue weighted by Gasteiger charge is -2.23. The summed E-state index contributed by atoms with van der Waals surface area (Å²) in [7, 11) is 1.54. The van der Waals surface area contributed by atoms with Crippen molar-refractivity contribution in [3.8, 4) is 5.75 Å². The van der Waals surface area contributed by atoms with Gasteiger partial charge >= 0.3 is 6.03 Å². The summed E-state index contributed by atoms with van der Waals surface area (Å²) in [4.78, 5) is 41.8. The fraction of sp³-hybridized carbons (Fsp3) is 0.238. The molecule has 0 saturated carbocycles. The highest BCUT2D eigenvalue weighted by Gasteiger charge is 2.32. The third-order valence-corrected chi connectivity index (χ3v) is 6.18. The third-order valence-electron chi connectivity index (χ3n) is 5.09. The number of urea groups is 1. The number of methoxy groups -OCH3 is 1. The number of carbonyl (C=O) groups excluding carboxylic acids is 3. The van der Waals surface area contributed by atoms with Crippen LogP contribution in [-0.4, -0.2) is 41.9 Å². The summed E-state index contributed by atoms with van der Waals surface area (Å²) in [5, 5.41) is 4.75. The van der Waals surface area contributed by atoms with Gasteiger partial charge in [0.25, 0.3) is 5.91 Å². The number of nitrogens with one attached hydrogen (secondary N) is 2. The van der Waals surface area contributed by atoms with Crippen LogP contribution in [0.4, 0.5) is 4.79 Å². The minimum atomic E-state index is -0.690. The van der Waals surface area contributed by atoms with Crippen molar-refractivity contribution >= 4 is 52.0 Å². The summed E-state index contributed by atoms with van der Waals surface area (Å²) < 4.78 is 12.0. The molecule has 1 aromatic carbocycles. The van der Waals surface area contributed by atoms with Crippen LogP contribution in [0.1, 0.15) is 33.3 Å². The monoisotopic (exact) mass is 534 g/mol. The highest BCUT2D eigenvalue weighted by Crippen LogP contribution is 2.30. The van der Waals surface area contributed by atoms with Gasteiger partial charge in [-0.3, -0.25) is 14.9 Å². The van der Waals surface area contributed by atoms with E-state index in [9.17, 15) is 14.4 Å². The Morgan fingerprint density at radius 3 is 2.94 bits per heavy atom. The van der Waals surface area contributed by atoms with Gasteiger partial charge in [0, 0.05) is 24.7 Å². The van der Waals surface area contributed by atoms with Gasteiger partial charge < -0.3 is 19.4 Å². The maximum atomic E-state index is 12.9. The average Bonchev–Trinajstić information content (AvgIpc) is 3.28. The maximum absolute atomic E-state index is 12.9. The number of hydrogen-bond acceptors (Lipinski definition) is 6. The van der Waals surface area contributed by atoms with Crippen molar-refractivity contribution in [3.63, 3.8) is 0 Å². The Bertz CT molecular complexity index is 1150. The molecular formula is C21H19IN4O5. The lowest BCUT2D eigenvalue weighted by atomic mass is 10.1. The van der Waals surface area contributed by atoms with Gasteiger partial charge in [-0.15, -0.1) is 0 Å². The van der Waals surface area contributed by atoms with Gasteiger partial charge in [0.2, 0.25) is 6.41 Å². The third kappa shape index (κ3) is 4.20. The van der Waals surface area contributed by atoms with Crippen molar-refractivity contribution in [2.24, 2.45) is 0 Å². The Labute approximate surface area is 191 Å². The van der Waals surface area contributed by atoms with E-state index in [1.807, 2.05) is 19.1 Å². The molecule has 4 rings (SSSR count). The highest BCUT2D eigenvalue weighted by molar-refractivity contribution is 14.1. The molecule has 0 radical (unpaired) electrons. The first-order chi connectivity index (χ1) is 14.9. The van der Waals surface area contributed by atoms with Crippen molar-refractivity contribution in [2.75, 3.05) is 13.7 Å². The molecule has 31 heavy (non-hydrogen) atoms. The van der Waals surface area contributed by atoms with Gasteiger partial charge in [-0.25, -0.2) is 9.78 Å². The van der Waals surface area contributed by atoms with Crippen molar-refractivity contribution in [3.05, 3.63) is 56.5 Å². The molecular weight excluding hydrogens is 515 g/mol. The van der Waals surface area contributed by atoms with Crippen molar-refractivity contribution in [1.82, 2.24) is 20.5 Å². The van der Waals surface area contributed by atoms with Gasteiger partial charge in [-0.2, -0.15) is 0 Å². The molecule has 0 bridgehead atoms. The molecule has 2 N–H and O–H groups in total. The second kappa shape index (κ2) is 8.53. The molecule has 0 saturated heterocycles. The topological polar surface area (TPSA) is 114 Å². The van der Waals surface area contributed by atoms with Crippen molar-refractivity contribution in [1.29, 1.82) is 0 Å². The molecule has 0 fully saturated rings. The first-order valence-electron chi connectivity index (χ1n) is 9.43. The zero-order chi connectivity index (χ0) is 22.1. The number of ether oxygens (including phenoxy) is 1. The first kappa shape index (κ1) is 21.1. The van der Waals surface area contributed by atoms with Crippen molar-refractivity contribution < 1.29 is 23.5 Å². The molecule has 4 amide bonds. The first-order valence-corrected chi connectivity index (χ1v) is 10.5. The van der Waals surface area contributed by atoms with Crippen LogP contribution in [0, 0.1) is 10.6 Å². The molecule has 9 nitrogen and oxygen atoms in total. The van der Waals surface area contributed by atoms with Gasteiger partial charge in [0.05, 0.1) is 7.11 Å². The largest absolute Gasteiger partial charge is 0.497 e. The van der Waals surface area contributed by atoms with Gasteiger partial charge in [-0.1, -0.05) is 6.07 Å². The van der Waals surface area contributed by atoms with Crippen LogP contribution in [-0.2, 0) is 11.3 Å². The Morgan fingerprint density at radius 1 is 1.39 bits per heavy atom. The Kier molecular flexibility index (Phi) is 5.81. The van der Waals surface area contributed by atoms with E-state index in [2.05, 4.69) is 38.2 Å². The number of benzene rings is 1. The lowest BCUT2D eigenvalue weighted by molar-refractivity contribution is -0.108. The number of nitrogens with zero attached hydrogens (tertiary/aromatic N) is 2. The molecule has 10 heteroatoms. The summed E-state index contributed by atoms with van der Waals surface area (Å²) in [6, 6.07) is 7.59. The van der Waals surface area contributed by atoms with E-state index in [1.54, 1.807) is 30.2 Å². The molecule has 0 spiro atoms. The zero-order valence-electron chi connectivity index (χ0n) is 16.8. The summed E-state index contributed by atoms with van der Waals surface area (Å²) in [5.74, 6) is 0.865. The number of carbonyl (C=O) groups is 3. The molecule has 1 atom stereocenters. The predicted octanol–water partition coefficient (Wildman–Crippen LogP) is 2.90. The van der Waals surface area contributed by atoms with Crippen LogP contribution in [0.25, 0.3) is 11.1 Å². The molecule has 3 heterocycles. The number of imide groups is 1. The van der Waals surface area contributed by atoms with Crippen LogP contribution in [0.3, 0.4) is 0 Å². The van der Waals surface area contributed by atoms with Gasteiger partial charge in [-0.05, 0) is 58.8 Å². The number of aromatic nitrogens is 1. The Morgan fingerprint density at radius 2 is 2.19 bits per heavy atom. The smallest absolute Gasteiger partial charge is 0.321 e. The van der Waals surface area contributed by atoms with Gasteiger partial charge in [0.15, 0.2) is 5.58 Å². The van der Waals surface area contributed by atoms with Gasteiger partial charge in [0.1, 0.15) is 26.8 Å². The molecule has 2 aromatic heterocycles. The number of aryl methyl sites for hydroxylation is 1. The van der Waals surface area contributed by atoms with Crippen LogP contribution in [0.5, 0.6) is 5.75 Å². The zero-order valence-corrected chi connectivity index (χ0v) is 18.9. The predicted molar refractivity (Wildman–Crippen MR) is 120 cm³/mol. The van der Waals surface area contributed by atoms with Crippen LogP contribution < -0.4 is 15.4 Å². The molecule has 3 aromatic rings. The van der Waals surface area contributed by atoms with Crippen LogP contribution in [0.15, 0.2) is 34.7 Å². The van der Waals surface area contributed by atoms with E-state index in [4.69, 9.17) is 9.15 Å². The maximum Gasteiger partial charge on any atom is 0.321 e. The second-order valence-corrected chi connectivity index (χ2v) is 8.15. The standard InChI is InChI=1S/C21H19IN4O5/c1-11-5-17-15(24-19(11)22)7-18(31-17)16(25-21(29)23-10-27)9-26-8-12-3-4-13(30-2)6-14(12)20(26)28/h3-7,10,16H,8-9H2,1-2H3,(H2,23,25,27,29)/t16-/m0/s1. The number of pyridine rings is 1. The molecule has 0 unspecified atom stereocenters. The van der Waals surface area contributed by atoms with Crippen LogP contribution >= 0.6 is 22.6 Å². The van der Waals surface area contributed by atoms with E-state index < -0.39 is 12.1 Å². The fourth-order valence-electron chi connectivity index (χ4n) is 3.52. The molecule has 160 valence electrons. The SMILES string of the molecule is COc1ccc2c(c1)C(=O)N(C[C@H](NC(=O)NC=O)c1cc3nc(I)c(C)cc3o1)C2. The van der Waals surface area contributed by atoms with E-state index in [1.165, 1.54) is 0 Å². The Hall–Kier alpha value is -3.15. The number of halogens is 1. The number of fused-ring (bicyclic) bond motifs is 2. The minimum absolute atomic E-state index is 0.151. The second-order valence-electron chi connectivity index (χ2n) is 7.13. The summed E-state index contributed by atoms with van der Waals surface area (Å²) in [5.41, 5.74) is 3.63. The molecule has 1 aliphatic rings. The minimum Gasteiger partial charge on any atom is -0.497 e. The van der Waals surface area contributed by atoms with E-state index >= 15 is 0 Å². The normalized spacial score (nSPS) is 13.8. The molecule has 0 aliphatic carbocycles. The summed E-state index contributed by atoms with van der Waals surface area (Å²) >= 11 is 2.14. The Balaban J connectivity index is 1.64. The number of furan rings is 1. The fourth-order valence-corrected chi connectivity index (χ4v) is 3.94. The number of hydrogen-bond donors (Lipinski definition) is 2. The number of rotatable bonds is 6. The van der Waals surface area contributed by atoms with E-state index in [-0.39, 0.29) is 12.5 Å². The number of amides is 4. The van der Waals surface area contributed by atoms with Crippen LogP contribution in [0.2, 0.25) is 0 Å². The average molecular weight is 534 g/mol. The lowest BCUT2D eigenvalue weighted by Crippen LogP contribution is -2.42. The summed E-state index contributed by atoms with van der Waals surface area (Å²) in [6.45, 7) is 2.47. The van der Waals surface area contributed by atoms with E-state index in [0.717, 1.165) is 14.8 Å². The quantitative estimate of drug-likeness (QED) is 0.286. The molecule has 1 aliphatic heterocycles. The summed E-state index contributed by atoms with van der Waals surface area (Å²) in [6.07, 6.45) is 0.293. The van der Waals surface area contributed by atoms with E-state index in [0.29, 0.717) is 41.1 Å².